The van der Waals surface area contributed by atoms with Gasteiger partial charge in [0.1, 0.15) is 12.4 Å². The highest BCUT2D eigenvalue weighted by molar-refractivity contribution is 7.07. The highest BCUT2D eigenvalue weighted by Crippen LogP contribution is 2.35. The predicted molar refractivity (Wildman–Crippen MR) is 168 cm³/mol. The van der Waals surface area contributed by atoms with Gasteiger partial charge >= 0.3 is 5.97 Å². The Bertz CT molecular complexity index is 1900. The van der Waals surface area contributed by atoms with Gasteiger partial charge in [0.15, 0.2) is 27.8 Å². The molecule has 234 valence electrons. The van der Waals surface area contributed by atoms with Crippen LogP contribution in [-0.2, 0) is 16.1 Å². The van der Waals surface area contributed by atoms with Crippen LogP contribution in [0.15, 0.2) is 82.2 Å². The summed E-state index contributed by atoms with van der Waals surface area (Å²) in [6, 6.07) is 16.0. The molecule has 0 unspecified atom stereocenters. The average Bonchev–Trinajstić information content (AvgIpc) is 3.36. The Hall–Kier alpha value is -4.90. The molecule has 0 spiro atoms. The molecule has 45 heavy (non-hydrogen) atoms. The van der Waals surface area contributed by atoms with E-state index in [1.54, 1.807) is 48.5 Å². The lowest BCUT2D eigenvalue weighted by atomic mass is 9.97. The van der Waals surface area contributed by atoms with Crippen molar-refractivity contribution in [3.05, 3.63) is 115 Å². The molecule has 1 aliphatic heterocycles. The first-order valence-electron chi connectivity index (χ1n) is 14.5. The summed E-state index contributed by atoms with van der Waals surface area (Å²) < 4.78 is 43.6. The number of methoxy groups -OCH3 is 1. The normalized spacial score (nSPS) is 14.2. The number of thiazole rings is 1. The fourth-order valence-corrected chi connectivity index (χ4v) is 5.85. The van der Waals surface area contributed by atoms with Gasteiger partial charge in [0.25, 0.3) is 5.56 Å². The van der Waals surface area contributed by atoms with E-state index in [0.29, 0.717) is 63.3 Å². The average molecular weight is 633 g/mol. The van der Waals surface area contributed by atoms with Gasteiger partial charge in [-0.15, -0.1) is 0 Å². The van der Waals surface area contributed by atoms with E-state index in [-0.39, 0.29) is 23.6 Å². The third-order valence-electron chi connectivity index (χ3n) is 6.88. The Kier molecular flexibility index (Phi) is 9.99. The number of rotatable bonds is 12. The maximum Gasteiger partial charge on any atom is 0.337 e. The van der Waals surface area contributed by atoms with Crippen LogP contribution in [0, 0.1) is 5.82 Å². The van der Waals surface area contributed by atoms with Crippen molar-refractivity contribution in [3.63, 3.8) is 0 Å². The molecule has 0 N–H and O–H groups in total. The number of hydrogen-bond acceptors (Lipinski definition) is 9. The zero-order valence-corrected chi connectivity index (χ0v) is 26.2. The quantitative estimate of drug-likeness (QED) is 0.204. The fourth-order valence-electron chi connectivity index (χ4n) is 4.88. The molecule has 0 bridgehead atoms. The van der Waals surface area contributed by atoms with Crippen LogP contribution in [0.25, 0.3) is 6.08 Å². The molecule has 9 nitrogen and oxygen atoms in total. The maximum absolute atomic E-state index is 14.0. The number of benzene rings is 3. The van der Waals surface area contributed by atoms with Crippen molar-refractivity contribution in [3.8, 4) is 23.0 Å². The molecular formula is C34H33FN2O7S. The zero-order valence-electron chi connectivity index (χ0n) is 25.4. The predicted octanol–water partition coefficient (Wildman–Crippen LogP) is 4.93. The summed E-state index contributed by atoms with van der Waals surface area (Å²) in [4.78, 5) is 31.7. The molecule has 0 saturated carbocycles. The largest absolute Gasteiger partial charge is 0.490 e. The van der Waals surface area contributed by atoms with Crippen molar-refractivity contribution in [2.24, 2.45) is 4.99 Å². The molecule has 1 aromatic heterocycles. The van der Waals surface area contributed by atoms with Crippen LogP contribution in [-0.4, -0.2) is 37.5 Å². The molecule has 1 aliphatic rings. The minimum absolute atomic E-state index is 0.212. The fraction of sp³-hybridized carbons (Fsp3) is 0.265. The third-order valence-corrected chi connectivity index (χ3v) is 7.88. The van der Waals surface area contributed by atoms with E-state index in [9.17, 15) is 14.0 Å². The van der Waals surface area contributed by atoms with Gasteiger partial charge in [0.2, 0.25) is 0 Å². The van der Waals surface area contributed by atoms with E-state index in [1.165, 1.54) is 41.3 Å². The van der Waals surface area contributed by atoms with Gasteiger partial charge in [-0.25, -0.2) is 14.2 Å². The van der Waals surface area contributed by atoms with Crippen LogP contribution >= 0.6 is 11.3 Å². The number of ether oxygens (including phenoxy) is 5. The molecule has 4 aromatic rings. The van der Waals surface area contributed by atoms with Crippen molar-refractivity contribution in [1.82, 2.24) is 4.57 Å². The molecule has 0 aliphatic carbocycles. The van der Waals surface area contributed by atoms with Crippen molar-refractivity contribution < 1.29 is 32.9 Å². The zero-order chi connectivity index (χ0) is 31.9. The van der Waals surface area contributed by atoms with Gasteiger partial charge in [0, 0.05) is 6.20 Å². The Labute approximate surface area is 263 Å². The van der Waals surface area contributed by atoms with Gasteiger partial charge < -0.3 is 23.7 Å². The number of carbonyl (C=O) groups is 1. The summed E-state index contributed by atoms with van der Waals surface area (Å²) in [5.74, 6) is 1.18. The van der Waals surface area contributed by atoms with E-state index < -0.39 is 12.0 Å². The lowest BCUT2D eigenvalue weighted by Crippen LogP contribution is -2.39. The Morgan fingerprint density at radius 1 is 0.889 bits per heavy atom. The third kappa shape index (κ3) is 6.93. The van der Waals surface area contributed by atoms with Crippen molar-refractivity contribution in [1.29, 1.82) is 0 Å². The van der Waals surface area contributed by atoms with Gasteiger partial charge in [-0.05, 0) is 79.9 Å². The molecule has 2 heterocycles. The highest BCUT2D eigenvalue weighted by Gasteiger charge is 2.31. The van der Waals surface area contributed by atoms with Gasteiger partial charge in [-0.2, -0.15) is 0 Å². The van der Waals surface area contributed by atoms with E-state index >= 15 is 0 Å². The van der Waals surface area contributed by atoms with Crippen LogP contribution in [0.2, 0.25) is 0 Å². The number of hydrogen-bond donors (Lipinski definition) is 0. The number of halogens is 1. The molecule has 5 rings (SSSR count). The van der Waals surface area contributed by atoms with E-state index in [2.05, 4.69) is 4.99 Å². The summed E-state index contributed by atoms with van der Waals surface area (Å²) in [5.41, 5.74) is 2.05. The molecule has 1 atom stereocenters. The monoisotopic (exact) mass is 632 g/mol. The number of fused-ring (bicyclic) bond motifs is 1. The second-order valence-electron chi connectivity index (χ2n) is 9.80. The molecule has 0 radical (unpaired) electrons. The summed E-state index contributed by atoms with van der Waals surface area (Å²) in [7, 11) is 1.29. The second kappa shape index (κ2) is 14.3. The lowest BCUT2D eigenvalue weighted by molar-refractivity contribution is -0.136. The molecule has 0 saturated heterocycles. The number of aromatic nitrogens is 1. The first-order chi connectivity index (χ1) is 21.9. The molecule has 11 heteroatoms. The van der Waals surface area contributed by atoms with Crippen molar-refractivity contribution in [2.75, 3.05) is 26.9 Å². The topological polar surface area (TPSA) is 97.6 Å². The van der Waals surface area contributed by atoms with Crippen LogP contribution in [0.1, 0.15) is 43.5 Å². The number of carbonyl (C=O) groups excluding carboxylic acids is 1. The van der Waals surface area contributed by atoms with E-state index in [0.717, 1.165) is 5.56 Å². The maximum atomic E-state index is 14.0. The summed E-state index contributed by atoms with van der Waals surface area (Å²) in [6.07, 6.45) is 3.20. The Morgan fingerprint density at radius 3 is 2.22 bits per heavy atom. The molecule has 0 amide bonds. The molecule has 3 aromatic carbocycles. The van der Waals surface area contributed by atoms with E-state index in [1.807, 2.05) is 26.8 Å². The van der Waals surface area contributed by atoms with Crippen molar-refractivity contribution >= 4 is 23.4 Å². The first-order valence-corrected chi connectivity index (χ1v) is 15.3. The lowest BCUT2D eigenvalue weighted by Gasteiger charge is -2.23. The van der Waals surface area contributed by atoms with Crippen molar-refractivity contribution in [2.45, 2.75) is 33.4 Å². The standard InChI is InChI=1S/C34H33FN2O7S/c1-5-41-26-15-11-23(18-29(26)43-7-3)31-25(33(39)40-4)19-36-34-37(31)32(38)30(45-34)17-22-10-14-27(28(16-22)42-6-2)44-20-21-8-12-24(35)13-9-21/h8-19,31H,5-7,20H2,1-4H3/b30-17-/t31-/m0/s1. The first kappa shape index (κ1) is 31.5. The van der Waals surface area contributed by atoms with Crippen LogP contribution in [0.4, 0.5) is 4.39 Å². The van der Waals surface area contributed by atoms with Gasteiger partial charge in [-0.1, -0.05) is 35.6 Å². The van der Waals surface area contributed by atoms with Gasteiger partial charge in [0.05, 0.1) is 43.1 Å². The minimum atomic E-state index is -0.799. The highest BCUT2D eigenvalue weighted by atomic mass is 32.1. The van der Waals surface area contributed by atoms with Crippen LogP contribution in [0.5, 0.6) is 23.0 Å². The van der Waals surface area contributed by atoms with Crippen LogP contribution < -0.4 is 33.8 Å². The molecule has 0 fully saturated rings. The minimum Gasteiger partial charge on any atom is -0.490 e. The Morgan fingerprint density at radius 2 is 1.53 bits per heavy atom. The van der Waals surface area contributed by atoms with E-state index in [4.69, 9.17) is 23.7 Å². The van der Waals surface area contributed by atoms with Gasteiger partial charge in [-0.3, -0.25) is 9.36 Å². The summed E-state index contributed by atoms with van der Waals surface area (Å²) in [6.45, 7) is 7.11. The second-order valence-corrected chi connectivity index (χ2v) is 10.8. The number of nitrogens with zero attached hydrogens (tertiary/aromatic N) is 2. The Balaban J connectivity index is 1.54. The SMILES string of the molecule is CCOc1ccc([C@H]2C(C(=O)OC)=CN=c3s/c(=C\c4ccc(OCc5ccc(F)cc5)c(OCC)c4)c(=O)n32)cc1OCC. The number of esters is 1. The summed E-state index contributed by atoms with van der Waals surface area (Å²) >= 11 is 1.21. The van der Waals surface area contributed by atoms with Crippen LogP contribution in [0.3, 0.4) is 0 Å². The smallest absolute Gasteiger partial charge is 0.337 e. The molecular weight excluding hydrogens is 599 g/mol. The summed E-state index contributed by atoms with van der Waals surface area (Å²) in [5, 5.41) is 0.